The van der Waals surface area contributed by atoms with Crippen molar-refractivity contribution in [2.75, 3.05) is 18.4 Å². The predicted octanol–water partition coefficient (Wildman–Crippen LogP) is 2.82. The number of pyridine rings is 1. The molecule has 1 aromatic carbocycles. The lowest BCUT2D eigenvalue weighted by atomic mass is 9.93. The molecule has 1 amide bonds. The van der Waals surface area contributed by atoms with Gasteiger partial charge >= 0.3 is 0 Å². The number of carbonyl (C=O) groups is 1. The van der Waals surface area contributed by atoms with Crippen LogP contribution in [-0.4, -0.2) is 29.1 Å². The van der Waals surface area contributed by atoms with Crippen LogP contribution in [0.25, 0.3) is 0 Å². The molecule has 0 saturated carbocycles. The van der Waals surface area contributed by atoms with Crippen LogP contribution in [0, 0.1) is 5.41 Å². The fourth-order valence-corrected chi connectivity index (χ4v) is 2.20. The molecule has 0 spiro atoms. The molecule has 0 atom stereocenters. The molecule has 0 fully saturated rings. The van der Waals surface area contributed by atoms with E-state index in [1.54, 1.807) is 24.5 Å². The van der Waals surface area contributed by atoms with E-state index in [0.29, 0.717) is 23.8 Å². The Morgan fingerprint density at radius 1 is 1.08 bits per heavy atom. The van der Waals surface area contributed by atoms with Crippen LogP contribution < -0.4 is 16.0 Å². The molecule has 0 saturated heterocycles. The minimum atomic E-state index is -0.148. The van der Waals surface area contributed by atoms with Crippen LogP contribution in [0.3, 0.4) is 0 Å². The summed E-state index contributed by atoms with van der Waals surface area (Å²) in [6.45, 7) is 5.31. The van der Waals surface area contributed by atoms with Crippen molar-refractivity contribution >= 4 is 28.9 Å². The Morgan fingerprint density at radius 3 is 2.46 bits per heavy atom. The van der Waals surface area contributed by atoms with E-state index in [2.05, 4.69) is 34.8 Å². The summed E-state index contributed by atoms with van der Waals surface area (Å²) in [6, 6.07) is 12.9. The molecule has 1 heterocycles. The molecule has 0 bridgehead atoms. The number of hydrogen-bond acceptors (Lipinski definition) is 3. The first-order valence-corrected chi connectivity index (χ1v) is 8.15. The van der Waals surface area contributed by atoms with Gasteiger partial charge < -0.3 is 16.0 Å². The average molecular weight is 342 g/mol. The Morgan fingerprint density at radius 2 is 1.79 bits per heavy atom. The molecule has 2 rings (SSSR count). The van der Waals surface area contributed by atoms with Gasteiger partial charge in [-0.15, -0.1) is 0 Å². The highest BCUT2D eigenvalue weighted by molar-refractivity contribution is 7.80. The number of aromatic nitrogens is 1. The number of benzene rings is 1. The first kappa shape index (κ1) is 17.9. The minimum absolute atomic E-state index is 0.0697. The maximum absolute atomic E-state index is 12.1. The Labute approximate surface area is 147 Å². The zero-order valence-electron chi connectivity index (χ0n) is 13.9. The lowest BCUT2D eigenvalue weighted by molar-refractivity contribution is 0.0937. The largest absolute Gasteiger partial charge is 0.362 e. The van der Waals surface area contributed by atoms with Gasteiger partial charge in [-0.1, -0.05) is 32.0 Å². The highest BCUT2D eigenvalue weighted by Gasteiger charge is 2.19. The zero-order chi connectivity index (χ0) is 17.4. The summed E-state index contributed by atoms with van der Waals surface area (Å²) in [6.07, 6.45) is 3.42. The number of nitrogens with zero attached hydrogens (tertiary/aromatic N) is 1. The van der Waals surface area contributed by atoms with E-state index in [-0.39, 0.29) is 11.3 Å². The van der Waals surface area contributed by atoms with Crippen LogP contribution in [0.1, 0.15) is 24.2 Å². The molecule has 0 unspecified atom stereocenters. The smallest absolute Gasteiger partial charge is 0.251 e. The standard InChI is InChI=1S/C18H22N4OS/c1-18(2,12-20-16(23)14-7-4-3-5-8-14)13-21-17(24)22-15-9-6-10-19-11-15/h3-11H,12-13H2,1-2H3,(H,20,23)(H2,21,22,24). The van der Waals surface area contributed by atoms with E-state index in [9.17, 15) is 4.79 Å². The second-order valence-electron chi connectivity index (χ2n) is 6.26. The molecule has 126 valence electrons. The zero-order valence-corrected chi connectivity index (χ0v) is 14.7. The molecule has 0 aliphatic carbocycles. The minimum Gasteiger partial charge on any atom is -0.362 e. The van der Waals surface area contributed by atoms with Crippen molar-refractivity contribution in [2.24, 2.45) is 5.41 Å². The van der Waals surface area contributed by atoms with Crippen LogP contribution in [0.2, 0.25) is 0 Å². The lowest BCUT2D eigenvalue weighted by Gasteiger charge is -2.26. The van der Waals surface area contributed by atoms with E-state index >= 15 is 0 Å². The second kappa shape index (κ2) is 8.40. The van der Waals surface area contributed by atoms with Crippen LogP contribution in [0.5, 0.6) is 0 Å². The van der Waals surface area contributed by atoms with Gasteiger partial charge in [-0.25, -0.2) is 0 Å². The molecular formula is C18H22N4OS. The Balaban J connectivity index is 1.76. The van der Waals surface area contributed by atoms with Gasteiger partial charge in [0.1, 0.15) is 0 Å². The first-order chi connectivity index (χ1) is 11.5. The van der Waals surface area contributed by atoms with Gasteiger partial charge in [-0.3, -0.25) is 9.78 Å². The molecular weight excluding hydrogens is 320 g/mol. The maximum atomic E-state index is 12.1. The summed E-state index contributed by atoms with van der Waals surface area (Å²) < 4.78 is 0. The molecule has 0 radical (unpaired) electrons. The maximum Gasteiger partial charge on any atom is 0.251 e. The van der Waals surface area contributed by atoms with E-state index in [1.165, 1.54) is 0 Å². The number of thiocarbonyl (C=S) groups is 1. The first-order valence-electron chi connectivity index (χ1n) is 7.74. The van der Waals surface area contributed by atoms with Crippen molar-refractivity contribution < 1.29 is 4.79 Å². The van der Waals surface area contributed by atoms with Gasteiger partial charge in [0.25, 0.3) is 5.91 Å². The Bertz CT molecular complexity index is 674. The normalized spacial score (nSPS) is 10.8. The lowest BCUT2D eigenvalue weighted by Crippen LogP contribution is -2.43. The number of rotatable bonds is 6. The number of amides is 1. The van der Waals surface area contributed by atoms with Crippen LogP contribution >= 0.6 is 12.2 Å². The molecule has 2 aromatic rings. The molecule has 3 N–H and O–H groups in total. The number of anilines is 1. The quantitative estimate of drug-likeness (QED) is 0.705. The Kier molecular flexibility index (Phi) is 6.26. The molecule has 1 aromatic heterocycles. The summed E-state index contributed by atoms with van der Waals surface area (Å²) in [7, 11) is 0. The fraction of sp³-hybridized carbons (Fsp3) is 0.278. The van der Waals surface area contributed by atoms with E-state index < -0.39 is 0 Å². The van der Waals surface area contributed by atoms with Gasteiger partial charge in [0.15, 0.2) is 5.11 Å². The van der Waals surface area contributed by atoms with Crippen LogP contribution in [0.15, 0.2) is 54.9 Å². The third-order valence-corrected chi connectivity index (χ3v) is 3.66. The van der Waals surface area contributed by atoms with E-state index in [4.69, 9.17) is 12.2 Å². The summed E-state index contributed by atoms with van der Waals surface area (Å²) in [4.78, 5) is 16.1. The van der Waals surface area contributed by atoms with Crippen molar-refractivity contribution in [2.45, 2.75) is 13.8 Å². The van der Waals surface area contributed by atoms with Gasteiger partial charge in [-0.05, 0) is 41.9 Å². The number of carbonyl (C=O) groups excluding carboxylic acids is 1. The fourth-order valence-electron chi connectivity index (χ4n) is 2.01. The average Bonchev–Trinajstić information content (AvgIpc) is 2.60. The van der Waals surface area contributed by atoms with Gasteiger partial charge in [0, 0.05) is 24.8 Å². The predicted molar refractivity (Wildman–Crippen MR) is 101 cm³/mol. The van der Waals surface area contributed by atoms with Crippen molar-refractivity contribution in [1.82, 2.24) is 15.6 Å². The number of hydrogen-bond donors (Lipinski definition) is 3. The van der Waals surface area contributed by atoms with Crippen LogP contribution in [-0.2, 0) is 0 Å². The monoisotopic (exact) mass is 342 g/mol. The topological polar surface area (TPSA) is 66.1 Å². The summed E-state index contributed by atoms with van der Waals surface area (Å²) in [5.41, 5.74) is 1.35. The molecule has 5 nitrogen and oxygen atoms in total. The second-order valence-corrected chi connectivity index (χ2v) is 6.67. The van der Waals surface area contributed by atoms with E-state index in [1.807, 2.05) is 30.3 Å². The summed E-state index contributed by atoms with van der Waals surface area (Å²) >= 11 is 5.28. The van der Waals surface area contributed by atoms with Crippen molar-refractivity contribution in [3.8, 4) is 0 Å². The number of nitrogens with one attached hydrogen (secondary N) is 3. The van der Waals surface area contributed by atoms with Crippen LogP contribution in [0.4, 0.5) is 5.69 Å². The Hall–Kier alpha value is -2.47. The third kappa shape index (κ3) is 5.96. The highest BCUT2D eigenvalue weighted by Crippen LogP contribution is 2.12. The molecule has 0 aliphatic heterocycles. The van der Waals surface area contributed by atoms with Crippen molar-refractivity contribution in [1.29, 1.82) is 0 Å². The van der Waals surface area contributed by atoms with Crippen molar-refractivity contribution in [3.05, 3.63) is 60.4 Å². The van der Waals surface area contributed by atoms with Crippen molar-refractivity contribution in [3.63, 3.8) is 0 Å². The SMILES string of the molecule is CC(C)(CNC(=O)c1ccccc1)CNC(=S)Nc1cccnc1. The molecule has 0 aliphatic rings. The van der Waals surface area contributed by atoms with E-state index in [0.717, 1.165) is 5.69 Å². The van der Waals surface area contributed by atoms with Gasteiger partial charge in [0.2, 0.25) is 0 Å². The molecule has 24 heavy (non-hydrogen) atoms. The molecule has 6 heteroatoms. The van der Waals surface area contributed by atoms with Gasteiger partial charge in [-0.2, -0.15) is 0 Å². The highest BCUT2D eigenvalue weighted by atomic mass is 32.1. The summed E-state index contributed by atoms with van der Waals surface area (Å²) in [5.74, 6) is -0.0697. The summed E-state index contributed by atoms with van der Waals surface area (Å²) in [5, 5.41) is 9.74. The third-order valence-electron chi connectivity index (χ3n) is 3.41. The van der Waals surface area contributed by atoms with Gasteiger partial charge in [0.05, 0.1) is 11.9 Å².